The molecule has 5 nitrogen and oxygen atoms in total. The molecule has 2 aromatic carbocycles. The molecule has 1 aromatic heterocycles. The van der Waals surface area contributed by atoms with Gasteiger partial charge in [-0.1, -0.05) is 68.4 Å². The molecule has 0 spiro atoms. The van der Waals surface area contributed by atoms with Gasteiger partial charge in [0.05, 0.1) is 11.0 Å². The molecule has 0 bridgehead atoms. The van der Waals surface area contributed by atoms with Crippen molar-refractivity contribution in [3.05, 3.63) is 65.5 Å². The number of hydrogen-bond acceptors (Lipinski definition) is 5. The van der Waals surface area contributed by atoms with E-state index in [4.69, 9.17) is 0 Å². The first-order valence-corrected chi connectivity index (χ1v) is 12.4. The number of hydrogen-bond donors (Lipinski definition) is 1. The molecule has 0 aliphatic heterocycles. The second-order valence-electron chi connectivity index (χ2n) is 7.81. The predicted octanol–water partition coefficient (Wildman–Crippen LogP) is 6.05. The van der Waals surface area contributed by atoms with Crippen LogP contribution in [0.4, 0.5) is 5.69 Å². The van der Waals surface area contributed by atoms with Crippen LogP contribution in [0.3, 0.4) is 0 Å². The number of anilines is 1. The molecule has 3 rings (SSSR count). The first kappa shape index (κ1) is 23.4. The van der Waals surface area contributed by atoms with Crippen LogP contribution in [-0.2, 0) is 17.6 Å². The number of carbonyl (C=O) groups excluding carboxylic acids is 1. The molecule has 1 N–H and O–H groups in total. The number of amides is 1. The van der Waals surface area contributed by atoms with Gasteiger partial charge >= 0.3 is 0 Å². The van der Waals surface area contributed by atoms with Crippen LogP contribution in [0, 0.1) is 6.92 Å². The lowest BCUT2D eigenvalue weighted by Gasteiger charge is -2.17. The van der Waals surface area contributed by atoms with E-state index in [1.807, 2.05) is 36.7 Å². The van der Waals surface area contributed by atoms with E-state index >= 15 is 0 Å². The van der Waals surface area contributed by atoms with Crippen molar-refractivity contribution in [3.8, 4) is 0 Å². The molecule has 1 unspecified atom stereocenters. The van der Waals surface area contributed by atoms with Crippen molar-refractivity contribution in [2.24, 2.45) is 7.05 Å². The molecule has 0 aliphatic rings. The first-order chi connectivity index (χ1) is 14.9. The van der Waals surface area contributed by atoms with E-state index in [1.165, 1.54) is 22.2 Å². The van der Waals surface area contributed by atoms with E-state index in [0.29, 0.717) is 12.3 Å². The lowest BCUT2D eigenvalue weighted by atomic mass is 10.0. The van der Waals surface area contributed by atoms with Gasteiger partial charge < -0.3 is 9.88 Å². The van der Waals surface area contributed by atoms with Gasteiger partial charge in [-0.2, -0.15) is 0 Å². The third-order valence-corrected chi connectivity index (χ3v) is 7.47. The molecule has 0 saturated heterocycles. The van der Waals surface area contributed by atoms with E-state index in [9.17, 15) is 4.79 Å². The van der Waals surface area contributed by atoms with Crippen molar-refractivity contribution in [2.75, 3.05) is 5.32 Å². The topological polar surface area (TPSA) is 59.8 Å². The smallest absolute Gasteiger partial charge is 0.237 e. The maximum absolute atomic E-state index is 13.0. The third kappa shape index (κ3) is 6.14. The Labute approximate surface area is 193 Å². The summed E-state index contributed by atoms with van der Waals surface area (Å²) in [5, 5.41) is 12.4. The van der Waals surface area contributed by atoms with Gasteiger partial charge in [-0.05, 0) is 43.0 Å². The van der Waals surface area contributed by atoms with Crippen molar-refractivity contribution in [3.63, 3.8) is 0 Å². The number of rotatable bonds is 9. The van der Waals surface area contributed by atoms with E-state index < -0.39 is 0 Å². The fourth-order valence-corrected chi connectivity index (χ4v) is 4.95. The van der Waals surface area contributed by atoms with Gasteiger partial charge in [0.1, 0.15) is 5.82 Å². The van der Waals surface area contributed by atoms with Gasteiger partial charge in [0.25, 0.3) is 0 Å². The van der Waals surface area contributed by atoms with E-state index in [1.54, 1.807) is 11.8 Å². The molecule has 0 aliphatic carbocycles. The number of nitrogens with one attached hydrogen (secondary N) is 1. The zero-order chi connectivity index (χ0) is 22.4. The number of nitrogens with zero attached hydrogens (tertiary/aromatic N) is 3. The fourth-order valence-electron chi connectivity index (χ4n) is 3.13. The number of para-hydroxylation sites is 1. The summed E-state index contributed by atoms with van der Waals surface area (Å²) in [6.07, 6.45) is 0.709. The molecule has 0 fully saturated rings. The van der Waals surface area contributed by atoms with Crippen LogP contribution in [0.25, 0.3) is 0 Å². The molecule has 164 valence electrons. The molecule has 0 radical (unpaired) electrons. The Balaban J connectivity index is 1.65. The zero-order valence-electron chi connectivity index (χ0n) is 18.8. The van der Waals surface area contributed by atoms with E-state index in [-0.39, 0.29) is 11.2 Å². The summed E-state index contributed by atoms with van der Waals surface area (Å²) >= 11 is 3.20. The van der Waals surface area contributed by atoms with Crippen molar-refractivity contribution in [2.45, 2.75) is 61.1 Å². The molecule has 0 saturated carbocycles. The minimum Gasteiger partial charge on any atom is -0.325 e. The Bertz CT molecular complexity index is 1010. The largest absolute Gasteiger partial charge is 0.325 e. The Morgan fingerprint density at radius 3 is 2.48 bits per heavy atom. The third-order valence-electron chi connectivity index (χ3n) is 5.07. The van der Waals surface area contributed by atoms with Gasteiger partial charge in [0.2, 0.25) is 5.91 Å². The summed E-state index contributed by atoms with van der Waals surface area (Å²) in [4.78, 5) is 14.2. The first-order valence-electron chi connectivity index (χ1n) is 10.5. The summed E-state index contributed by atoms with van der Waals surface area (Å²) < 4.78 is 1.99. The standard InChI is InChI=1S/C24H30N4OS2/c1-6-21(23(29)25-20-10-8-7-9-19(20)16(2)3)31-24-27-26-22(28(24)5)15-30-18-13-11-17(4)12-14-18/h7-14,16,21H,6,15H2,1-5H3,(H,25,29). The lowest BCUT2D eigenvalue weighted by Crippen LogP contribution is -2.25. The second-order valence-corrected chi connectivity index (χ2v) is 10.0. The van der Waals surface area contributed by atoms with Crippen molar-refractivity contribution in [1.29, 1.82) is 0 Å². The van der Waals surface area contributed by atoms with Gasteiger partial charge in [-0.25, -0.2) is 0 Å². The van der Waals surface area contributed by atoms with Gasteiger partial charge in [0, 0.05) is 17.6 Å². The fraction of sp³-hybridized carbons (Fsp3) is 0.375. The molecule has 1 atom stereocenters. The van der Waals surface area contributed by atoms with Crippen molar-refractivity contribution in [1.82, 2.24) is 14.8 Å². The predicted molar refractivity (Wildman–Crippen MR) is 131 cm³/mol. The lowest BCUT2D eigenvalue weighted by molar-refractivity contribution is -0.115. The number of carbonyl (C=O) groups is 1. The highest BCUT2D eigenvalue weighted by atomic mass is 32.2. The average molecular weight is 455 g/mol. The summed E-state index contributed by atoms with van der Waals surface area (Å²) in [6.45, 7) is 8.37. The molecule has 31 heavy (non-hydrogen) atoms. The highest BCUT2D eigenvalue weighted by Gasteiger charge is 2.22. The average Bonchev–Trinajstić information content (AvgIpc) is 3.11. The van der Waals surface area contributed by atoms with E-state index in [0.717, 1.165) is 28.0 Å². The molecule has 1 heterocycles. The Kier molecular flexibility index (Phi) is 8.21. The van der Waals surface area contributed by atoms with Crippen molar-refractivity contribution >= 4 is 35.1 Å². The minimum absolute atomic E-state index is 0.000759. The number of aromatic nitrogens is 3. The van der Waals surface area contributed by atoms with Crippen LogP contribution in [-0.4, -0.2) is 25.9 Å². The molecular formula is C24H30N4OS2. The van der Waals surface area contributed by atoms with Gasteiger partial charge in [-0.15, -0.1) is 22.0 Å². The van der Waals surface area contributed by atoms with Crippen LogP contribution in [0.1, 0.15) is 50.1 Å². The molecule has 1 amide bonds. The highest BCUT2D eigenvalue weighted by Crippen LogP contribution is 2.29. The Morgan fingerprint density at radius 2 is 1.81 bits per heavy atom. The summed E-state index contributed by atoms with van der Waals surface area (Å²) in [5.41, 5.74) is 3.28. The van der Waals surface area contributed by atoms with Crippen LogP contribution in [0.5, 0.6) is 0 Å². The number of aryl methyl sites for hydroxylation is 1. The number of benzene rings is 2. The van der Waals surface area contributed by atoms with Gasteiger partial charge in [-0.3, -0.25) is 4.79 Å². The van der Waals surface area contributed by atoms with Crippen LogP contribution >= 0.6 is 23.5 Å². The maximum Gasteiger partial charge on any atom is 0.237 e. The minimum atomic E-state index is -0.235. The normalized spacial score (nSPS) is 12.2. The molecular weight excluding hydrogens is 424 g/mol. The summed E-state index contributed by atoms with van der Waals surface area (Å²) in [5.74, 6) is 1.97. The second kappa shape index (κ2) is 10.9. The summed E-state index contributed by atoms with van der Waals surface area (Å²) in [6, 6.07) is 16.5. The van der Waals surface area contributed by atoms with Gasteiger partial charge in [0.15, 0.2) is 5.16 Å². The molecule has 7 heteroatoms. The Hall–Kier alpha value is -2.25. The zero-order valence-corrected chi connectivity index (χ0v) is 20.4. The quantitative estimate of drug-likeness (QED) is 0.399. The van der Waals surface area contributed by atoms with Crippen molar-refractivity contribution < 1.29 is 4.79 Å². The van der Waals surface area contributed by atoms with Crippen LogP contribution in [0.2, 0.25) is 0 Å². The maximum atomic E-state index is 13.0. The highest BCUT2D eigenvalue weighted by molar-refractivity contribution is 8.00. The summed E-state index contributed by atoms with van der Waals surface area (Å²) in [7, 11) is 1.96. The SMILES string of the molecule is CCC(Sc1nnc(CSc2ccc(C)cc2)n1C)C(=O)Nc1ccccc1C(C)C. The monoisotopic (exact) mass is 454 g/mol. The van der Waals surface area contributed by atoms with Crippen LogP contribution < -0.4 is 5.32 Å². The molecule has 3 aromatic rings. The van der Waals surface area contributed by atoms with Crippen LogP contribution in [0.15, 0.2) is 58.6 Å². The van der Waals surface area contributed by atoms with E-state index in [2.05, 4.69) is 66.6 Å². The number of thioether (sulfide) groups is 2. The Morgan fingerprint density at radius 1 is 1.10 bits per heavy atom.